The van der Waals surface area contributed by atoms with Crippen LogP contribution in [0.15, 0.2) is 36.5 Å². The number of hydrogen-bond acceptors (Lipinski definition) is 3. The highest BCUT2D eigenvalue weighted by atomic mass is 19.1. The van der Waals surface area contributed by atoms with E-state index < -0.39 is 0 Å². The van der Waals surface area contributed by atoms with Gasteiger partial charge in [0.05, 0.1) is 0 Å². The van der Waals surface area contributed by atoms with Gasteiger partial charge in [-0.1, -0.05) is 11.8 Å². The molecule has 0 spiro atoms. The van der Waals surface area contributed by atoms with E-state index in [2.05, 4.69) is 22.1 Å². The van der Waals surface area contributed by atoms with Gasteiger partial charge in [0.15, 0.2) is 0 Å². The lowest BCUT2D eigenvalue weighted by molar-refractivity contribution is 0.102. The lowest BCUT2D eigenvalue weighted by Crippen LogP contribution is -2.13. The van der Waals surface area contributed by atoms with Crippen molar-refractivity contribution in [3.63, 3.8) is 0 Å². The molecular weight excluding hydrogens is 271 g/mol. The molecule has 0 bridgehead atoms. The van der Waals surface area contributed by atoms with Gasteiger partial charge in [0.1, 0.15) is 18.1 Å². The van der Waals surface area contributed by atoms with E-state index in [9.17, 15) is 9.18 Å². The molecule has 1 heterocycles. The Bertz CT molecular complexity index is 715. The average Bonchev–Trinajstić information content (AvgIpc) is 2.49. The molecule has 4 nitrogen and oxygen atoms in total. The monoisotopic (exact) mass is 284 g/mol. The van der Waals surface area contributed by atoms with Gasteiger partial charge >= 0.3 is 0 Å². The molecule has 2 rings (SSSR count). The van der Waals surface area contributed by atoms with Crippen molar-refractivity contribution in [2.45, 2.75) is 6.92 Å². The first-order valence-corrected chi connectivity index (χ1v) is 6.23. The van der Waals surface area contributed by atoms with Crippen molar-refractivity contribution in [2.24, 2.45) is 0 Å². The molecule has 1 aromatic heterocycles. The Kier molecular flexibility index (Phi) is 4.64. The third-order valence-electron chi connectivity index (χ3n) is 2.72. The van der Waals surface area contributed by atoms with Crippen LogP contribution in [0.5, 0.6) is 0 Å². The minimum Gasteiger partial charge on any atom is -0.384 e. The summed E-state index contributed by atoms with van der Waals surface area (Å²) in [6, 6.07) is 7.51. The van der Waals surface area contributed by atoms with Gasteiger partial charge in [-0.05, 0) is 42.8 Å². The molecule has 0 radical (unpaired) electrons. The Morgan fingerprint density at radius 1 is 1.38 bits per heavy atom. The molecule has 2 aromatic rings. The number of nitrogens with one attached hydrogen (secondary N) is 1. The molecule has 2 N–H and O–H groups in total. The van der Waals surface area contributed by atoms with Crippen LogP contribution in [0.2, 0.25) is 0 Å². The largest absolute Gasteiger partial charge is 0.384 e. The third-order valence-corrected chi connectivity index (χ3v) is 2.72. The van der Waals surface area contributed by atoms with E-state index in [1.165, 1.54) is 24.4 Å². The normalized spacial score (nSPS) is 9.67. The summed E-state index contributed by atoms with van der Waals surface area (Å²) in [7, 11) is 0. The molecule has 0 atom stereocenters. The zero-order valence-corrected chi connectivity index (χ0v) is 11.4. The minimum atomic E-state index is -0.386. The van der Waals surface area contributed by atoms with Crippen molar-refractivity contribution >= 4 is 11.6 Å². The van der Waals surface area contributed by atoms with Crippen molar-refractivity contribution in [2.75, 3.05) is 11.9 Å². The van der Waals surface area contributed by atoms with Crippen LogP contribution < -0.4 is 5.32 Å². The molecule has 0 aliphatic carbocycles. The van der Waals surface area contributed by atoms with Crippen LogP contribution >= 0.6 is 0 Å². The van der Waals surface area contributed by atoms with E-state index in [1.54, 1.807) is 19.1 Å². The number of carbonyl (C=O) groups excluding carboxylic acids is 1. The third kappa shape index (κ3) is 3.88. The fourth-order valence-corrected chi connectivity index (χ4v) is 1.66. The average molecular weight is 284 g/mol. The number of hydrogen-bond donors (Lipinski definition) is 2. The Morgan fingerprint density at radius 2 is 2.19 bits per heavy atom. The van der Waals surface area contributed by atoms with E-state index in [0.29, 0.717) is 16.8 Å². The predicted molar refractivity (Wildman–Crippen MR) is 77.3 cm³/mol. The van der Waals surface area contributed by atoms with Crippen LogP contribution in [0.25, 0.3) is 0 Å². The fourth-order valence-electron chi connectivity index (χ4n) is 1.66. The van der Waals surface area contributed by atoms with Crippen LogP contribution in [0.4, 0.5) is 10.1 Å². The summed E-state index contributed by atoms with van der Waals surface area (Å²) >= 11 is 0. The summed E-state index contributed by atoms with van der Waals surface area (Å²) in [4.78, 5) is 16.0. The van der Waals surface area contributed by atoms with Gasteiger partial charge in [0.2, 0.25) is 0 Å². The van der Waals surface area contributed by atoms with Crippen LogP contribution in [-0.2, 0) is 0 Å². The number of rotatable bonds is 2. The highest BCUT2D eigenvalue weighted by Crippen LogP contribution is 2.14. The molecule has 0 unspecified atom stereocenters. The van der Waals surface area contributed by atoms with Gasteiger partial charge < -0.3 is 10.4 Å². The fraction of sp³-hybridized carbons (Fsp3) is 0.125. The molecule has 0 saturated carbocycles. The molecule has 1 amide bonds. The molecule has 0 fully saturated rings. The second kappa shape index (κ2) is 6.64. The van der Waals surface area contributed by atoms with Crippen molar-refractivity contribution in [3.05, 3.63) is 59.2 Å². The molecule has 21 heavy (non-hydrogen) atoms. The number of benzene rings is 1. The molecule has 1 aromatic carbocycles. The summed E-state index contributed by atoms with van der Waals surface area (Å²) in [5.74, 6) is 4.47. The minimum absolute atomic E-state index is 0.228. The van der Waals surface area contributed by atoms with E-state index in [-0.39, 0.29) is 24.0 Å². The lowest BCUT2D eigenvalue weighted by Gasteiger charge is -2.06. The number of nitrogens with zero attached hydrogens (tertiary/aromatic N) is 1. The number of halogens is 1. The topological polar surface area (TPSA) is 62.2 Å². The Labute approximate surface area is 121 Å². The number of anilines is 1. The maximum atomic E-state index is 13.1. The number of amides is 1. The van der Waals surface area contributed by atoms with Crippen LogP contribution in [0.1, 0.15) is 21.6 Å². The van der Waals surface area contributed by atoms with Crippen molar-refractivity contribution in [1.82, 2.24) is 4.98 Å². The number of aliphatic hydroxyl groups excluding tert-OH is 1. The van der Waals surface area contributed by atoms with E-state index in [0.717, 1.165) is 0 Å². The van der Waals surface area contributed by atoms with Crippen LogP contribution in [-0.4, -0.2) is 22.6 Å². The Morgan fingerprint density at radius 3 is 2.81 bits per heavy atom. The lowest BCUT2D eigenvalue weighted by atomic mass is 10.2. The summed E-state index contributed by atoms with van der Waals surface area (Å²) in [5.41, 5.74) is 1.80. The number of pyridine rings is 1. The number of aryl methyl sites for hydroxylation is 1. The quantitative estimate of drug-likeness (QED) is 0.830. The first-order valence-electron chi connectivity index (χ1n) is 6.23. The SMILES string of the molecule is Cc1cc(NC(=O)c2ccc(C#CCO)cn2)ccc1F. The number of aromatic nitrogens is 1. The summed E-state index contributed by atoms with van der Waals surface area (Å²) in [5, 5.41) is 11.2. The zero-order chi connectivity index (χ0) is 15.2. The number of aliphatic hydroxyl groups is 1. The smallest absolute Gasteiger partial charge is 0.274 e. The number of carbonyl (C=O) groups is 1. The van der Waals surface area contributed by atoms with Gasteiger partial charge in [-0.25, -0.2) is 9.37 Å². The molecule has 5 heteroatoms. The van der Waals surface area contributed by atoms with E-state index in [4.69, 9.17) is 5.11 Å². The maximum Gasteiger partial charge on any atom is 0.274 e. The Hall–Kier alpha value is -2.71. The van der Waals surface area contributed by atoms with E-state index >= 15 is 0 Å². The van der Waals surface area contributed by atoms with Gasteiger partial charge in [0.25, 0.3) is 5.91 Å². The second-order valence-corrected chi connectivity index (χ2v) is 4.31. The molecule has 0 aliphatic rings. The summed E-state index contributed by atoms with van der Waals surface area (Å²) in [6.07, 6.45) is 1.45. The summed E-state index contributed by atoms with van der Waals surface area (Å²) < 4.78 is 13.1. The van der Waals surface area contributed by atoms with Crippen molar-refractivity contribution < 1.29 is 14.3 Å². The van der Waals surface area contributed by atoms with Gasteiger partial charge in [0, 0.05) is 17.4 Å². The van der Waals surface area contributed by atoms with E-state index in [1.807, 2.05) is 0 Å². The van der Waals surface area contributed by atoms with Crippen LogP contribution in [0, 0.1) is 24.6 Å². The first kappa shape index (κ1) is 14.7. The molecule has 106 valence electrons. The second-order valence-electron chi connectivity index (χ2n) is 4.31. The molecule has 0 saturated heterocycles. The van der Waals surface area contributed by atoms with Crippen molar-refractivity contribution in [1.29, 1.82) is 0 Å². The van der Waals surface area contributed by atoms with Crippen molar-refractivity contribution in [3.8, 4) is 11.8 Å². The zero-order valence-electron chi connectivity index (χ0n) is 11.4. The Balaban J connectivity index is 2.11. The van der Waals surface area contributed by atoms with Gasteiger partial charge in [-0.3, -0.25) is 4.79 Å². The maximum absolute atomic E-state index is 13.1. The molecule has 0 aliphatic heterocycles. The highest BCUT2D eigenvalue weighted by molar-refractivity contribution is 6.02. The summed E-state index contributed by atoms with van der Waals surface area (Å²) in [6.45, 7) is 1.39. The van der Waals surface area contributed by atoms with Crippen LogP contribution in [0.3, 0.4) is 0 Å². The molecular formula is C16H13FN2O2. The van der Waals surface area contributed by atoms with Gasteiger partial charge in [-0.2, -0.15) is 0 Å². The standard InChI is InChI=1S/C16H13FN2O2/c1-11-9-13(5-6-14(11)17)19-16(21)15-7-4-12(10-18-15)3-2-8-20/h4-7,9-10,20H,8H2,1H3,(H,19,21). The van der Waals surface area contributed by atoms with Gasteiger partial charge in [-0.15, -0.1) is 0 Å². The highest BCUT2D eigenvalue weighted by Gasteiger charge is 2.08. The first-order chi connectivity index (χ1) is 10.1. The predicted octanol–water partition coefficient (Wildman–Crippen LogP) is 2.13.